The van der Waals surface area contributed by atoms with E-state index < -0.39 is 0 Å². The van der Waals surface area contributed by atoms with E-state index in [1.807, 2.05) is 13.0 Å². The fourth-order valence-corrected chi connectivity index (χ4v) is 3.17. The minimum absolute atomic E-state index is 0.234. The highest BCUT2D eigenvalue weighted by molar-refractivity contribution is 6.35. The lowest BCUT2D eigenvalue weighted by Gasteiger charge is -2.12. The minimum atomic E-state index is -0.383. The quantitative estimate of drug-likeness (QED) is 0.787. The maximum atomic E-state index is 13.9. The molecule has 0 radical (unpaired) electrons. The van der Waals surface area contributed by atoms with Crippen molar-refractivity contribution in [1.82, 2.24) is 4.98 Å². The Hall–Kier alpha value is -1.35. The topological polar surface area (TPSA) is 22.1 Å². The molecular weight excluding hydrogens is 277 g/mol. The number of nitrogens with zero attached hydrogens (tertiary/aromatic N) is 1. The van der Waals surface area contributed by atoms with Crippen molar-refractivity contribution in [3.05, 3.63) is 34.7 Å². The molecule has 1 aromatic heterocycles. The van der Waals surface area contributed by atoms with Crippen LogP contribution in [0, 0.1) is 5.82 Å². The molecule has 0 saturated heterocycles. The van der Waals surface area contributed by atoms with Gasteiger partial charge in [0.25, 0.3) is 0 Å². The van der Waals surface area contributed by atoms with Crippen LogP contribution < -0.4 is 4.74 Å². The van der Waals surface area contributed by atoms with Crippen LogP contribution in [-0.2, 0) is 0 Å². The van der Waals surface area contributed by atoms with Gasteiger partial charge in [0, 0.05) is 23.1 Å². The first-order chi connectivity index (χ1) is 9.69. The number of rotatable bonds is 3. The first-order valence-corrected chi connectivity index (χ1v) is 7.49. The molecule has 4 heteroatoms. The highest BCUT2D eigenvalue weighted by Crippen LogP contribution is 2.37. The molecule has 106 valence electrons. The molecule has 1 heterocycles. The number of ether oxygens (including phenoxy) is 1. The summed E-state index contributed by atoms with van der Waals surface area (Å²) in [7, 11) is 0. The molecule has 20 heavy (non-hydrogen) atoms. The van der Waals surface area contributed by atoms with Gasteiger partial charge in [-0.05, 0) is 31.9 Å². The van der Waals surface area contributed by atoms with E-state index in [0.717, 1.165) is 23.9 Å². The van der Waals surface area contributed by atoms with Gasteiger partial charge in [-0.1, -0.05) is 24.4 Å². The summed E-state index contributed by atoms with van der Waals surface area (Å²) in [5.74, 6) is 0.315. The van der Waals surface area contributed by atoms with E-state index in [9.17, 15) is 4.39 Å². The Kier molecular flexibility index (Phi) is 3.79. The van der Waals surface area contributed by atoms with Gasteiger partial charge in [-0.15, -0.1) is 0 Å². The van der Waals surface area contributed by atoms with Gasteiger partial charge in [-0.25, -0.2) is 4.39 Å². The highest BCUT2D eigenvalue weighted by Gasteiger charge is 2.20. The van der Waals surface area contributed by atoms with Crippen LogP contribution in [0.4, 0.5) is 4.39 Å². The van der Waals surface area contributed by atoms with Crippen LogP contribution in [0.5, 0.6) is 5.75 Å². The Balaban J connectivity index is 2.09. The molecule has 0 atom stereocenters. The minimum Gasteiger partial charge on any atom is -0.491 e. The number of halogens is 2. The molecule has 1 fully saturated rings. The van der Waals surface area contributed by atoms with E-state index in [1.165, 1.54) is 18.9 Å². The van der Waals surface area contributed by atoms with Crippen LogP contribution in [0.3, 0.4) is 0 Å². The van der Waals surface area contributed by atoms with Crippen molar-refractivity contribution in [2.75, 3.05) is 6.61 Å². The third kappa shape index (κ3) is 2.47. The fourth-order valence-electron chi connectivity index (χ4n) is 2.90. The van der Waals surface area contributed by atoms with Crippen molar-refractivity contribution in [1.29, 1.82) is 0 Å². The number of pyridine rings is 1. The Morgan fingerprint density at radius 2 is 2.05 bits per heavy atom. The molecule has 0 aliphatic heterocycles. The van der Waals surface area contributed by atoms with Gasteiger partial charge in [0.05, 0.1) is 17.1 Å². The largest absolute Gasteiger partial charge is 0.491 e. The molecular formula is C16H17ClFNO. The third-order valence-electron chi connectivity index (χ3n) is 3.90. The molecule has 0 unspecified atom stereocenters. The molecule has 1 saturated carbocycles. The predicted molar refractivity (Wildman–Crippen MR) is 79.1 cm³/mol. The van der Waals surface area contributed by atoms with Crippen LogP contribution in [-0.4, -0.2) is 11.6 Å². The van der Waals surface area contributed by atoms with Gasteiger partial charge in [0.15, 0.2) is 11.6 Å². The molecule has 1 aliphatic rings. The second kappa shape index (κ2) is 5.57. The van der Waals surface area contributed by atoms with Gasteiger partial charge in [0.1, 0.15) is 0 Å². The summed E-state index contributed by atoms with van der Waals surface area (Å²) in [4.78, 5) is 4.60. The highest BCUT2D eigenvalue weighted by atomic mass is 35.5. The lowest BCUT2D eigenvalue weighted by atomic mass is 10.0. The van der Waals surface area contributed by atoms with Crippen molar-refractivity contribution < 1.29 is 9.13 Å². The lowest BCUT2D eigenvalue weighted by Crippen LogP contribution is -1.99. The lowest BCUT2D eigenvalue weighted by molar-refractivity contribution is 0.322. The average molecular weight is 294 g/mol. The molecule has 2 nitrogen and oxygen atoms in total. The zero-order chi connectivity index (χ0) is 14.1. The summed E-state index contributed by atoms with van der Waals surface area (Å²) in [5.41, 5.74) is 1.60. The molecule has 0 amide bonds. The molecule has 1 aromatic carbocycles. The number of hydrogen-bond donors (Lipinski definition) is 0. The van der Waals surface area contributed by atoms with Gasteiger partial charge >= 0.3 is 0 Å². The van der Waals surface area contributed by atoms with E-state index in [-0.39, 0.29) is 11.6 Å². The van der Waals surface area contributed by atoms with Gasteiger partial charge < -0.3 is 4.74 Å². The van der Waals surface area contributed by atoms with Gasteiger partial charge in [-0.3, -0.25) is 4.98 Å². The van der Waals surface area contributed by atoms with Crippen molar-refractivity contribution in [2.24, 2.45) is 0 Å². The molecule has 0 bridgehead atoms. The van der Waals surface area contributed by atoms with E-state index >= 15 is 0 Å². The van der Waals surface area contributed by atoms with Crippen molar-refractivity contribution >= 4 is 22.5 Å². The Morgan fingerprint density at radius 3 is 2.75 bits per heavy atom. The van der Waals surface area contributed by atoms with Gasteiger partial charge in [-0.2, -0.15) is 0 Å². The molecule has 1 aliphatic carbocycles. The summed E-state index contributed by atoms with van der Waals surface area (Å²) < 4.78 is 19.2. The van der Waals surface area contributed by atoms with Crippen LogP contribution >= 0.6 is 11.6 Å². The summed E-state index contributed by atoms with van der Waals surface area (Å²) >= 11 is 6.35. The monoisotopic (exact) mass is 293 g/mol. The molecule has 2 aromatic rings. The maximum Gasteiger partial charge on any atom is 0.167 e. The SMILES string of the molecule is CCOc1cc2c(Cl)cc(C3CCCC3)nc2cc1F. The smallest absolute Gasteiger partial charge is 0.167 e. The first kappa shape index (κ1) is 13.6. The van der Waals surface area contributed by atoms with Crippen LogP contribution in [0.15, 0.2) is 18.2 Å². The number of benzene rings is 1. The fraction of sp³-hybridized carbons (Fsp3) is 0.438. The van der Waals surface area contributed by atoms with Gasteiger partial charge in [0.2, 0.25) is 0 Å². The number of fused-ring (bicyclic) bond motifs is 1. The Bertz CT molecular complexity index is 638. The summed E-state index contributed by atoms with van der Waals surface area (Å²) in [6.07, 6.45) is 4.77. The second-order valence-corrected chi connectivity index (χ2v) is 5.65. The molecule has 3 rings (SSSR count). The normalized spacial score (nSPS) is 15.9. The summed E-state index contributed by atoms with van der Waals surface area (Å²) in [6, 6.07) is 4.99. The predicted octanol–water partition coefficient (Wildman–Crippen LogP) is 5.08. The Labute approximate surface area is 122 Å². The van der Waals surface area contributed by atoms with E-state index in [2.05, 4.69) is 4.98 Å². The third-order valence-corrected chi connectivity index (χ3v) is 4.22. The van der Waals surface area contributed by atoms with E-state index in [4.69, 9.17) is 16.3 Å². The zero-order valence-electron chi connectivity index (χ0n) is 11.5. The summed E-state index contributed by atoms with van der Waals surface area (Å²) in [6.45, 7) is 2.25. The molecule has 0 spiro atoms. The van der Waals surface area contributed by atoms with Crippen LogP contribution in [0.25, 0.3) is 10.9 Å². The maximum absolute atomic E-state index is 13.9. The first-order valence-electron chi connectivity index (χ1n) is 7.11. The van der Waals surface area contributed by atoms with Crippen molar-refractivity contribution in [3.8, 4) is 5.75 Å². The van der Waals surface area contributed by atoms with Crippen LogP contribution in [0.1, 0.15) is 44.2 Å². The standard InChI is InChI=1S/C16H17ClFNO/c1-2-20-16-7-11-12(17)8-14(10-5-3-4-6-10)19-15(11)9-13(16)18/h7-10H,2-6H2,1H3. The number of aromatic nitrogens is 1. The number of hydrogen-bond acceptors (Lipinski definition) is 2. The second-order valence-electron chi connectivity index (χ2n) is 5.24. The summed E-state index contributed by atoms with van der Waals surface area (Å²) in [5, 5.41) is 1.37. The van der Waals surface area contributed by atoms with Crippen molar-refractivity contribution in [2.45, 2.75) is 38.5 Å². The van der Waals surface area contributed by atoms with E-state index in [0.29, 0.717) is 23.1 Å². The van der Waals surface area contributed by atoms with Crippen molar-refractivity contribution in [3.63, 3.8) is 0 Å². The average Bonchev–Trinajstić information content (AvgIpc) is 2.94. The van der Waals surface area contributed by atoms with Crippen LogP contribution in [0.2, 0.25) is 5.02 Å². The Morgan fingerprint density at radius 1 is 1.30 bits per heavy atom. The zero-order valence-corrected chi connectivity index (χ0v) is 12.2. The molecule has 0 N–H and O–H groups in total. The van der Waals surface area contributed by atoms with E-state index in [1.54, 1.807) is 6.07 Å².